The van der Waals surface area contributed by atoms with Gasteiger partial charge in [0.05, 0.1) is 5.56 Å². The normalized spacial score (nSPS) is 12.1. The third kappa shape index (κ3) is 11.3. The molecule has 1 N–H and O–H groups in total. The van der Waals surface area contributed by atoms with Crippen LogP contribution in [0.5, 0.6) is 0 Å². The molecule has 0 amide bonds. The molecular formula is C23H38O3. The van der Waals surface area contributed by atoms with Crippen LogP contribution in [0.2, 0.25) is 0 Å². The number of carbonyl (C=O) groups excluding carboxylic acids is 1. The topological polar surface area (TPSA) is 46.5 Å². The molecule has 0 bridgehead atoms. The Kier molecular flexibility index (Phi) is 13.8. The first-order chi connectivity index (χ1) is 12.8. The summed E-state index contributed by atoms with van der Waals surface area (Å²) in [6.07, 6.45) is 15.0. The first kappa shape index (κ1) is 22.7. The zero-order valence-electron chi connectivity index (χ0n) is 16.6. The van der Waals surface area contributed by atoms with Gasteiger partial charge in [-0.2, -0.15) is 0 Å². The number of unbranched alkanes of at least 4 members (excludes halogenated alkanes) is 9. The molecule has 26 heavy (non-hydrogen) atoms. The van der Waals surface area contributed by atoms with E-state index in [-0.39, 0.29) is 12.1 Å². The molecule has 0 radical (unpaired) electrons. The van der Waals surface area contributed by atoms with E-state index < -0.39 is 0 Å². The van der Waals surface area contributed by atoms with Crippen LogP contribution in [-0.2, 0) is 4.74 Å². The van der Waals surface area contributed by atoms with Gasteiger partial charge in [-0.15, -0.1) is 0 Å². The first-order valence-corrected chi connectivity index (χ1v) is 10.6. The van der Waals surface area contributed by atoms with Crippen molar-refractivity contribution < 1.29 is 14.6 Å². The van der Waals surface area contributed by atoms with Crippen LogP contribution in [0, 0.1) is 0 Å². The Morgan fingerprint density at radius 1 is 0.846 bits per heavy atom. The molecule has 3 nitrogen and oxygen atoms in total. The molecule has 1 atom stereocenters. The van der Waals surface area contributed by atoms with Crippen molar-refractivity contribution in [3.05, 3.63) is 35.9 Å². The molecule has 1 rings (SSSR count). The van der Waals surface area contributed by atoms with Crippen LogP contribution in [0.15, 0.2) is 30.3 Å². The summed E-state index contributed by atoms with van der Waals surface area (Å²) in [6, 6.07) is 9.32. The van der Waals surface area contributed by atoms with Gasteiger partial charge in [-0.25, -0.2) is 4.79 Å². The third-order valence-electron chi connectivity index (χ3n) is 4.85. The minimum atomic E-state index is -0.184. The van der Waals surface area contributed by atoms with Crippen molar-refractivity contribution in [2.75, 3.05) is 6.61 Å². The fraction of sp³-hybridized carbons (Fsp3) is 0.696. The van der Waals surface area contributed by atoms with Gasteiger partial charge in [0.2, 0.25) is 0 Å². The lowest BCUT2D eigenvalue weighted by Crippen LogP contribution is -2.18. The van der Waals surface area contributed by atoms with Crippen molar-refractivity contribution in [2.45, 2.75) is 96.5 Å². The molecule has 0 aromatic heterocycles. The van der Waals surface area contributed by atoms with Crippen molar-refractivity contribution in [2.24, 2.45) is 0 Å². The van der Waals surface area contributed by atoms with E-state index in [2.05, 4.69) is 6.92 Å². The Hall–Kier alpha value is -1.35. The van der Waals surface area contributed by atoms with Gasteiger partial charge in [0.15, 0.2) is 0 Å². The van der Waals surface area contributed by atoms with Crippen molar-refractivity contribution in [3.63, 3.8) is 0 Å². The molecule has 1 aromatic rings. The molecule has 3 heteroatoms. The zero-order valence-corrected chi connectivity index (χ0v) is 16.6. The van der Waals surface area contributed by atoms with E-state index in [0.29, 0.717) is 12.2 Å². The SMILES string of the molecule is CCCCC[C@@H](CCCCCCCCCCO)OC(=O)c1ccccc1. The quantitative estimate of drug-likeness (QED) is 0.277. The Balaban J connectivity index is 2.24. The molecule has 0 unspecified atom stereocenters. The standard InChI is InChI=1S/C23H38O3/c1-2-3-11-18-22(26-23(25)21-16-12-10-13-17-21)19-14-8-6-4-5-7-9-15-20-24/h10,12-13,16-17,22,24H,2-9,11,14-15,18-20H2,1H3/t22-/m0/s1. The van der Waals surface area contributed by atoms with Gasteiger partial charge >= 0.3 is 5.97 Å². The van der Waals surface area contributed by atoms with Gasteiger partial charge in [-0.1, -0.05) is 76.5 Å². The maximum absolute atomic E-state index is 12.3. The molecule has 0 spiro atoms. The number of aliphatic hydroxyl groups excluding tert-OH is 1. The summed E-state index contributed by atoms with van der Waals surface area (Å²) < 4.78 is 5.79. The van der Waals surface area contributed by atoms with E-state index in [9.17, 15) is 4.79 Å². The highest BCUT2D eigenvalue weighted by Gasteiger charge is 2.15. The lowest BCUT2D eigenvalue weighted by Gasteiger charge is -2.18. The zero-order chi connectivity index (χ0) is 18.9. The largest absolute Gasteiger partial charge is 0.459 e. The maximum Gasteiger partial charge on any atom is 0.338 e. The van der Waals surface area contributed by atoms with Crippen molar-refractivity contribution in [1.82, 2.24) is 0 Å². The Morgan fingerprint density at radius 3 is 1.96 bits per heavy atom. The Bertz CT molecular complexity index is 444. The second kappa shape index (κ2) is 15.9. The summed E-state index contributed by atoms with van der Waals surface area (Å²) in [5, 5.41) is 8.77. The van der Waals surface area contributed by atoms with Crippen LogP contribution in [0.25, 0.3) is 0 Å². The summed E-state index contributed by atoms with van der Waals surface area (Å²) in [4.78, 5) is 12.3. The Morgan fingerprint density at radius 2 is 1.38 bits per heavy atom. The van der Waals surface area contributed by atoms with Gasteiger partial charge < -0.3 is 9.84 Å². The monoisotopic (exact) mass is 362 g/mol. The minimum absolute atomic E-state index is 0.0545. The predicted octanol–water partition coefficient (Wildman–Crippen LogP) is 6.30. The van der Waals surface area contributed by atoms with Gasteiger partial charge in [0.25, 0.3) is 0 Å². The highest BCUT2D eigenvalue weighted by Crippen LogP contribution is 2.17. The summed E-state index contributed by atoms with van der Waals surface area (Å²) in [7, 11) is 0. The highest BCUT2D eigenvalue weighted by atomic mass is 16.5. The maximum atomic E-state index is 12.3. The van der Waals surface area contributed by atoms with Gasteiger partial charge in [-0.05, 0) is 44.2 Å². The average Bonchev–Trinajstić information content (AvgIpc) is 2.67. The number of rotatable bonds is 16. The number of aliphatic hydroxyl groups is 1. The van der Waals surface area contributed by atoms with Crippen LogP contribution in [0.3, 0.4) is 0 Å². The summed E-state index contributed by atoms with van der Waals surface area (Å²) in [5.74, 6) is -0.184. The van der Waals surface area contributed by atoms with E-state index in [4.69, 9.17) is 9.84 Å². The van der Waals surface area contributed by atoms with Crippen LogP contribution in [0.1, 0.15) is 101 Å². The molecule has 0 aliphatic rings. The predicted molar refractivity (Wildman–Crippen MR) is 108 cm³/mol. The van der Waals surface area contributed by atoms with Gasteiger partial charge in [0.1, 0.15) is 6.10 Å². The average molecular weight is 363 g/mol. The highest BCUT2D eigenvalue weighted by molar-refractivity contribution is 5.89. The fourth-order valence-electron chi connectivity index (χ4n) is 3.22. The molecule has 148 valence electrons. The molecule has 0 saturated carbocycles. The van der Waals surface area contributed by atoms with Gasteiger partial charge in [0, 0.05) is 6.61 Å². The summed E-state index contributed by atoms with van der Waals surface area (Å²) in [5.41, 5.74) is 0.649. The summed E-state index contributed by atoms with van der Waals surface area (Å²) >= 11 is 0. The smallest absolute Gasteiger partial charge is 0.338 e. The minimum Gasteiger partial charge on any atom is -0.459 e. The van der Waals surface area contributed by atoms with Crippen LogP contribution in [-0.4, -0.2) is 23.8 Å². The van der Waals surface area contributed by atoms with Crippen LogP contribution < -0.4 is 0 Å². The molecule has 0 aliphatic heterocycles. The lowest BCUT2D eigenvalue weighted by molar-refractivity contribution is 0.0249. The first-order valence-electron chi connectivity index (χ1n) is 10.6. The van der Waals surface area contributed by atoms with Crippen molar-refractivity contribution in [1.29, 1.82) is 0 Å². The van der Waals surface area contributed by atoms with E-state index in [1.165, 1.54) is 44.9 Å². The fourth-order valence-corrected chi connectivity index (χ4v) is 3.22. The van der Waals surface area contributed by atoms with Crippen LogP contribution >= 0.6 is 0 Å². The number of benzene rings is 1. The number of ether oxygens (including phenoxy) is 1. The second-order valence-corrected chi connectivity index (χ2v) is 7.23. The molecule has 0 saturated heterocycles. The van der Waals surface area contributed by atoms with E-state index >= 15 is 0 Å². The van der Waals surface area contributed by atoms with E-state index in [1.54, 1.807) is 0 Å². The molecular weight excluding hydrogens is 324 g/mol. The second-order valence-electron chi connectivity index (χ2n) is 7.23. The summed E-state index contributed by atoms with van der Waals surface area (Å²) in [6.45, 7) is 2.52. The molecule has 0 fully saturated rings. The third-order valence-corrected chi connectivity index (χ3v) is 4.85. The number of carbonyl (C=O) groups is 1. The van der Waals surface area contributed by atoms with Crippen molar-refractivity contribution in [3.8, 4) is 0 Å². The van der Waals surface area contributed by atoms with Crippen LogP contribution in [0.4, 0.5) is 0 Å². The molecule has 0 heterocycles. The van der Waals surface area contributed by atoms with Crippen molar-refractivity contribution >= 4 is 5.97 Å². The molecule has 1 aromatic carbocycles. The van der Waals surface area contributed by atoms with E-state index in [0.717, 1.165) is 38.5 Å². The Labute approximate surface area is 160 Å². The lowest BCUT2D eigenvalue weighted by atomic mass is 10.0. The number of esters is 1. The number of hydrogen-bond acceptors (Lipinski definition) is 3. The number of hydrogen-bond donors (Lipinski definition) is 1. The van der Waals surface area contributed by atoms with E-state index in [1.807, 2.05) is 30.3 Å². The van der Waals surface area contributed by atoms with Gasteiger partial charge in [-0.3, -0.25) is 0 Å². The molecule has 0 aliphatic carbocycles.